The molecule has 8 heteroatoms. The summed E-state index contributed by atoms with van der Waals surface area (Å²) in [6.07, 6.45) is 0. The summed E-state index contributed by atoms with van der Waals surface area (Å²) in [4.78, 5) is 28.6. The fourth-order valence-electron chi connectivity index (χ4n) is 2.64. The molecular weight excluding hydrogens is 360 g/mol. The van der Waals surface area contributed by atoms with Crippen molar-refractivity contribution in [1.82, 2.24) is 14.8 Å². The summed E-state index contributed by atoms with van der Waals surface area (Å²) in [7, 11) is 3.09. The van der Waals surface area contributed by atoms with Crippen molar-refractivity contribution in [2.24, 2.45) is 0 Å². The summed E-state index contributed by atoms with van der Waals surface area (Å²) < 4.78 is 11.6. The number of aryl methyl sites for hydroxylation is 1. The lowest BCUT2D eigenvalue weighted by Gasteiger charge is -2.11. The summed E-state index contributed by atoms with van der Waals surface area (Å²) in [5.41, 5.74) is 1.66. The van der Waals surface area contributed by atoms with Crippen LogP contribution in [0.4, 0.5) is 5.82 Å². The highest BCUT2D eigenvalue weighted by Gasteiger charge is 2.11. The van der Waals surface area contributed by atoms with Gasteiger partial charge < -0.3 is 14.8 Å². The van der Waals surface area contributed by atoms with E-state index in [1.807, 2.05) is 13.0 Å². The fraction of sp³-hybridized carbons (Fsp3) is 0.200. The molecule has 144 valence electrons. The van der Waals surface area contributed by atoms with Crippen molar-refractivity contribution in [2.75, 3.05) is 19.5 Å². The third-order valence-corrected chi connectivity index (χ3v) is 4.00. The van der Waals surface area contributed by atoms with Gasteiger partial charge in [0.05, 0.1) is 19.9 Å². The van der Waals surface area contributed by atoms with E-state index in [-0.39, 0.29) is 12.1 Å². The van der Waals surface area contributed by atoms with Crippen molar-refractivity contribution in [2.45, 2.75) is 13.5 Å². The van der Waals surface area contributed by atoms with Crippen molar-refractivity contribution in [3.8, 4) is 22.8 Å². The Kier molecular flexibility index (Phi) is 5.69. The number of carbonyl (C=O) groups excluding carboxylic acids is 1. The predicted molar refractivity (Wildman–Crippen MR) is 105 cm³/mol. The van der Waals surface area contributed by atoms with Crippen molar-refractivity contribution < 1.29 is 14.3 Å². The van der Waals surface area contributed by atoms with Crippen LogP contribution in [-0.2, 0) is 11.3 Å². The molecule has 0 aliphatic heterocycles. The van der Waals surface area contributed by atoms with Crippen LogP contribution in [-0.4, -0.2) is 34.9 Å². The molecule has 0 saturated heterocycles. The molecule has 0 aliphatic rings. The number of methoxy groups -OCH3 is 2. The maximum absolute atomic E-state index is 12.3. The summed E-state index contributed by atoms with van der Waals surface area (Å²) in [5, 5.41) is 6.96. The van der Waals surface area contributed by atoms with Crippen LogP contribution >= 0.6 is 0 Å². The van der Waals surface area contributed by atoms with Gasteiger partial charge in [0.15, 0.2) is 11.5 Å². The van der Waals surface area contributed by atoms with Crippen LogP contribution in [0.25, 0.3) is 11.3 Å². The van der Waals surface area contributed by atoms with E-state index in [1.54, 1.807) is 50.6 Å². The maximum atomic E-state index is 12.3. The lowest BCUT2D eigenvalue weighted by atomic mass is 10.1. The first-order valence-electron chi connectivity index (χ1n) is 8.54. The van der Waals surface area contributed by atoms with Gasteiger partial charge in [-0.3, -0.25) is 9.59 Å². The minimum atomic E-state index is -0.392. The molecule has 2 heterocycles. The summed E-state index contributed by atoms with van der Waals surface area (Å²) in [5.74, 6) is 1.17. The Morgan fingerprint density at radius 2 is 1.86 bits per heavy atom. The minimum Gasteiger partial charge on any atom is -0.493 e. The van der Waals surface area contributed by atoms with Gasteiger partial charge in [0, 0.05) is 17.3 Å². The molecule has 0 saturated carbocycles. The molecule has 0 bridgehead atoms. The molecule has 2 aromatic heterocycles. The fourth-order valence-corrected chi connectivity index (χ4v) is 2.64. The second kappa shape index (κ2) is 8.34. The minimum absolute atomic E-state index is 0.227. The Labute approximate surface area is 161 Å². The van der Waals surface area contributed by atoms with E-state index in [9.17, 15) is 9.59 Å². The van der Waals surface area contributed by atoms with Gasteiger partial charge in [0.1, 0.15) is 12.4 Å². The zero-order chi connectivity index (χ0) is 20.1. The second-order valence-corrected chi connectivity index (χ2v) is 6.00. The van der Waals surface area contributed by atoms with Gasteiger partial charge >= 0.3 is 0 Å². The topological polar surface area (TPSA) is 95.3 Å². The number of hydrogen-bond acceptors (Lipinski definition) is 6. The lowest BCUT2D eigenvalue weighted by molar-refractivity contribution is -0.117. The van der Waals surface area contributed by atoms with Gasteiger partial charge in [-0.1, -0.05) is 6.07 Å². The van der Waals surface area contributed by atoms with E-state index in [2.05, 4.69) is 15.4 Å². The van der Waals surface area contributed by atoms with Gasteiger partial charge in [-0.25, -0.2) is 9.67 Å². The third kappa shape index (κ3) is 4.35. The molecule has 1 N–H and O–H groups in total. The van der Waals surface area contributed by atoms with Gasteiger partial charge in [-0.15, -0.1) is 0 Å². The number of benzene rings is 1. The molecule has 1 amide bonds. The number of ether oxygens (including phenoxy) is 2. The Balaban J connectivity index is 1.83. The van der Waals surface area contributed by atoms with Crippen LogP contribution < -0.4 is 20.3 Å². The Morgan fingerprint density at radius 3 is 2.57 bits per heavy atom. The first kappa shape index (κ1) is 19.1. The highest BCUT2D eigenvalue weighted by molar-refractivity contribution is 5.89. The van der Waals surface area contributed by atoms with E-state index in [1.165, 1.54) is 6.07 Å². The number of aromatic nitrogens is 3. The van der Waals surface area contributed by atoms with Crippen LogP contribution in [0.15, 0.2) is 53.3 Å². The SMILES string of the molecule is COc1ccc(-c2ccc(=O)n(CC(=O)Nc3cccc(C)n3)n2)cc1OC. The first-order chi connectivity index (χ1) is 13.5. The number of pyridine rings is 1. The normalized spacial score (nSPS) is 10.4. The monoisotopic (exact) mass is 380 g/mol. The molecule has 3 aromatic rings. The number of nitrogens with one attached hydrogen (secondary N) is 1. The maximum Gasteiger partial charge on any atom is 0.267 e. The van der Waals surface area contributed by atoms with E-state index in [0.717, 1.165) is 15.9 Å². The molecular formula is C20H20N4O4. The number of amides is 1. The average molecular weight is 380 g/mol. The van der Waals surface area contributed by atoms with Crippen LogP contribution in [0.5, 0.6) is 11.5 Å². The van der Waals surface area contributed by atoms with Gasteiger partial charge in [-0.2, -0.15) is 5.10 Å². The number of nitrogens with zero attached hydrogens (tertiary/aromatic N) is 3. The van der Waals surface area contributed by atoms with Crippen LogP contribution in [0.3, 0.4) is 0 Å². The Bertz CT molecular complexity index is 1060. The molecule has 8 nitrogen and oxygen atoms in total. The second-order valence-electron chi connectivity index (χ2n) is 6.00. The molecule has 0 atom stereocenters. The van der Waals surface area contributed by atoms with E-state index in [0.29, 0.717) is 23.0 Å². The number of hydrogen-bond donors (Lipinski definition) is 1. The molecule has 0 fully saturated rings. The summed E-state index contributed by atoms with van der Waals surface area (Å²) in [6.45, 7) is 1.60. The average Bonchev–Trinajstić information content (AvgIpc) is 2.69. The standard InChI is InChI=1S/C20H20N4O4/c1-13-5-4-6-18(21-13)22-19(25)12-24-20(26)10-8-15(23-24)14-7-9-16(27-2)17(11-14)28-3/h4-11H,12H2,1-3H3,(H,21,22,25). The largest absolute Gasteiger partial charge is 0.493 e. The molecule has 0 aliphatic carbocycles. The zero-order valence-electron chi connectivity index (χ0n) is 15.8. The Morgan fingerprint density at radius 1 is 1.07 bits per heavy atom. The van der Waals surface area contributed by atoms with Crippen LogP contribution in [0.1, 0.15) is 5.69 Å². The third-order valence-electron chi connectivity index (χ3n) is 4.00. The van der Waals surface area contributed by atoms with Crippen molar-refractivity contribution in [3.05, 3.63) is 64.6 Å². The quantitative estimate of drug-likeness (QED) is 0.705. The zero-order valence-corrected chi connectivity index (χ0v) is 15.8. The Hall–Kier alpha value is -3.68. The highest BCUT2D eigenvalue weighted by atomic mass is 16.5. The smallest absolute Gasteiger partial charge is 0.267 e. The molecule has 28 heavy (non-hydrogen) atoms. The molecule has 3 rings (SSSR count). The van der Waals surface area contributed by atoms with Crippen LogP contribution in [0.2, 0.25) is 0 Å². The molecule has 0 spiro atoms. The van der Waals surface area contributed by atoms with Crippen molar-refractivity contribution in [1.29, 1.82) is 0 Å². The number of rotatable bonds is 6. The van der Waals surface area contributed by atoms with E-state index in [4.69, 9.17) is 9.47 Å². The number of carbonyl (C=O) groups is 1. The molecule has 1 aromatic carbocycles. The summed E-state index contributed by atoms with van der Waals surface area (Å²) in [6, 6.07) is 13.6. The van der Waals surface area contributed by atoms with E-state index < -0.39 is 5.91 Å². The van der Waals surface area contributed by atoms with Gasteiger partial charge in [0.25, 0.3) is 5.56 Å². The molecule has 0 unspecified atom stereocenters. The van der Waals surface area contributed by atoms with Crippen LogP contribution in [0, 0.1) is 6.92 Å². The molecule has 0 radical (unpaired) electrons. The lowest BCUT2D eigenvalue weighted by Crippen LogP contribution is -2.29. The van der Waals surface area contributed by atoms with Crippen molar-refractivity contribution in [3.63, 3.8) is 0 Å². The highest BCUT2D eigenvalue weighted by Crippen LogP contribution is 2.31. The number of anilines is 1. The first-order valence-corrected chi connectivity index (χ1v) is 8.54. The van der Waals surface area contributed by atoms with Gasteiger partial charge in [0.2, 0.25) is 5.91 Å². The van der Waals surface area contributed by atoms with Crippen molar-refractivity contribution >= 4 is 11.7 Å². The summed E-state index contributed by atoms with van der Waals surface area (Å²) >= 11 is 0. The predicted octanol–water partition coefficient (Wildman–Crippen LogP) is 2.27. The van der Waals surface area contributed by atoms with Gasteiger partial charge in [-0.05, 0) is 43.3 Å². The van der Waals surface area contributed by atoms with E-state index >= 15 is 0 Å².